The average Bonchev–Trinajstić information content (AvgIpc) is 2.66. The van der Waals surface area contributed by atoms with Crippen molar-refractivity contribution in [1.29, 1.82) is 0 Å². The number of hydrogen-bond acceptors (Lipinski definition) is 3. The van der Waals surface area contributed by atoms with Crippen molar-refractivity contribution in [3.05, 3.63) is 16.4 Å². The summed E-state index contributed by atoms with van der Waals surface area (Å²) in [4.78, 5) is 0. The second kappa shape index (κ2) is 6.25. The monoisotopic (exact) mass is 285 g/mol. The Labute approximate surface area is 120 Å². The molecule has 108 valence electrons. The standard InChI is InChI=1S/C14H24ClN3O/c1-4-11-13(15)12(18(3)17-11)9-16-10-14(2)5-7-19-8-6-14/h16H,4-10H2,1-3H3. The predicted molar refractivity (Wildman–Crippen MR) is 77.5 cm³/mol. The van der Waals surface area contributed by atoms with E-state index in [1.807, 2.05) is 11.7 Å². The van der Waals surface area contributed by atoms with Crippen molar-refractivity contribution in [1.82, 2.24) is 15.1 Å². The van der Waals surface area contributed by atoms with E-state index in [1.165, 1.54) is 0 Å². The highest BCUT2D eigenvalue weighted by molar-refractivity contribution is 6.31. The largest absolute Gasteiger partial charge is 0.381 e. The van der Waals surface area contributed by atoms with Gasteiger partial charge in [0.05, 0.1) is 16.4 Å². The van der Waals surface area contributed by atoms with E-state index in [9.17, 15) is 0 Å². The number of nitrogens with zero attached hydrogens (tertiary/aromatic N) is 2. The van der Waals surface area contributed by atoms with Crippen LogP contribution in [0.1, 0.15) is 38.1 Å². The number of nitrogens with one attached hydrogen (secondary N) is 1. The SMILES string of the molecule is CCc1nn(C)c(CNCC2(C)CCOCC2)c1Cl. The molecular formula is C14H24ClN3O. The molecule has 0 spiro atoms. The van der Waals surface area contributed by atoms with E-state index >= 15 is 0 Å². The quantitative estimate of drug-likeness (QED) is 0.904. The minimum Gasteiger partial charge on any atom is -0.381 e. The molecule has 0 radical (unpaired) electrons. The summed E-state index contributed by atoms with van der Waals surface area (Å²) in [7, 11) is 1.96. The predicted octanol–water partition coefficient (Wildman–Crippen LogP) is 2.54. The van der Waals surface area contributed by atoms with Crippen molar-refractivity contribution in [2.75, 3.05) is 19.8 Å². The van der Waals surface area contributed by atoms with Crippen LogP contribution in [0, 0.1) is 5.41 Å². The third kappa shape index (κ3) is 3.50. The summed E-state index contributed by atoms with van der Waals surface area (Å²) >= 11 is 6.34. The summed E-state index contributed by atoms with van der Waals surface area (Å²) in [5.74, 6) is 0. The van der Waals surface area contributed by atoms with E-state index in [0.717, 1.165) is 62.0 Å². The highest BCUT2D eigenvalue weighted by atomic mass is 35.5. The maximum absolute atomic E-state index is 6.34. The first-order valence-corrected chi connectivity index (χ1v) is 7.42. The Kier molecular flexibility index (Phi) is 4.87. The van der Waals surface area contributed by atoms with E-state index in [4.69, 9.17) is 16.3 Å². The van der Waals surface area contributed by atoms with Crippen molar-refractivity contribution in [2.45, 2.75) is 39.7 Å². The van der Waals surface area contributed by atoms with Crippen LogP contribution in [-0.2, 0) is 24.8 Å². The van der Waals surface area contributed by atoms with Crippen molar-refractivity contribution in [2.24, 2.45) is 12.5 Å². The van der Waals surface area contributed by atoms with Gasteiger partial charge < -0.3 is 10.1 Å². The molecule has 0 atom stereocenters. The van der Waals surface area contributed by atoms with Gasteiger partial charge in [0.1, 0.15) is 0 Å². The van der Waals surface area contributed by atoms with Gasteiger partial charge in [0.2, 0.25) is 0 Å². The van der Waals surface area contributed by atoms with Crippen molar-refractivity contribution in [3.8, 4) is 0 Å². The molecule has 19 heavy (non-hydrogen) atoms. The Morgan fingerprint density at radius 3 is 2.68 bits per heavy atom. The number of rotatable bonds is 5. The van der Waals surface area contributed by atoms with Crippen LogP contribution >= 0.6 is 11.6 Å². The second-order valence-corrected chi connectivity index (χ2v) is 6.09. The van der Waals surface area contributed by atoms with Gasteiger partial charge in [-0.3, -0.25) is 4.68 Å². The van der Waals surface area contributed by atoms with Crippen LogP contribution in [0.25, 0.3) is 0 Å². The lowest BCUT2D eigenvalue weighted by molar-refractivity contribution is 0.0239. The lowest BCUT2D eigenvalue weighted by Gasteiger charge is -2.33. The van der Waals surface area contributed by atoms with Crippen LogP contribution in [0.15, 0.2) is 0 Å². The van der Waals surface area contributed by atoms with Crippen LogP contribution in [-0.4, -0.2) is 29.5 Å². The van der Waals surface area contributed by atoms with E-state index in [-0.39, 0.29) is 0 Å². The van der Waals surface area contributed by atoms with Gasteiger partial charge in [-0.25, -0.2) is 0 Å². The highest BCUT2D eigenvalue weighted by Gasteiger charge is 2.27. The Balaban J connectivity index is 1.90. The van der Waals surface area contributed by atoms with E-state index in [1.54, 1.807) is 0 Å². The zero-order valence-electron chi connectivity index (χ0n) is 12.1. The molecule has 5 heteroatoms. The molecule has 0 unspecified atom stereocenters. The van der Waals surface area contributed by atoms with Gasteiger partial charge in [0.15, 0.2) is 0 Å². The molecule has 1 N–H and O–H groups in total. The zero-order valence-corrected chi connectivity index (χ0v) is 12.9. The normalized spacial score (nSPS) is 18.7. The Morgan fingerprint density at radius 1 is 1.42 bits per heavy atom. The molecule has 2 rings (SSSR count). The third-order valence-corrected chi connectivity index (χ3v) is 4.48. The van der Waals surface area contributed by atoms with Crippen LogP contribution in [0.4, 0.5) is 0 Å². The fourth-order valence-corrected chi connectivity index (χ4v) is 2.90. The van der Waals surface area contributed by atoms with Crippen LogP contribution in [0.2, 0.25) is 5.02 Å². The molecule has 1 aromatic rings. The van der Waals surface area contributed by atoms with E-state index in [0.29, 0.717) is 5.41 Å². The molecule has 0 saturated carbocycles. The molecule has 2 heterocycles. The minimum absolute atomic E-state index is 0.344. The van der Waals surface area contributed by atoms with Crippen molar-refractivity contribution < 1.29 is 4.74 Å². The Bertz CT molecular complexity index is 425. The van der Waals surface area contributed by atoms with Crippen LogP contribution in [0.3, 0.4) is 0 Å². The number of hydrogen-bond donors (Lipinski definition) is 1. The molecule has 1 saturated heterocycles. The fraction of sp³-hybridized carbons (Fsp3) is 0.786. The smallest absolute Gasteiger partial charge is 0.0863 e. The van der Waals surface area contributed by atoms with Gasteiger partial charge in [-0.1, -0.05) is 25.4 Å². The molecule has 4 nitrogen and oxygen atoms in total. The molecule has 1 aliphatic rings. The van der Waals surface area contributed by atoms with Gasteiger partial charge >= 0.3 is 0 Å². The van der Waals surface area contributed by atoms with Crippen molar-refractivity contribution >= 4 is 11.6 Å². The first-order valence-electron chi connectivity index (χ1n) is 7.04. The first kappa shape index (κ1) is 14.8. The van der Waals surface area contributed by atoms with Crippen LogP contribution in [0.5, 0.6) is 0 Å². The summed E-state index contributed by atoms with van der Waals surface area (Å²) < 4.78 is 7.31. The van der Waals surface area contributed by atoms with E-state index in [2.05, 4.69) is 24.3 Å². The van der Waals surface area contributed by atoms with Crippen molar-refractivity contribution in [3.63, 3.8) is 0 Å². The number of halogens is 1. The summed E-state index contributed by atoms with van der Waals surface area (Å²) in [6, 6.07) is 0. The lowest BCUT2D eigenvalue weighted by atomic mass is 9.82. The fourth-order valence-electron chi connectivity index (χ4n) is 2.54. The zero-order chi connectivity index (χ0) is 13.9. The van der Waals surface area contributed by atoms with Gasteiger partial charge in [0, 0.05) is 33.4 Å². The number of ether oxygens (including phenoxy) is 1. The molecule has 1 aliphatic heterocycles. The molecule has 0 aromatic carbocycles. The lowest BCUT2D eigenvalue weighted by Crippen LogP contribution is -2.36. The molecular weight excluding hydrogens is 262 g/mol. The maximum atomic E-state index is 6.34. The second-order valence-electron chi connectivity index (χ2n) is 5.71. The summed E-state index contributed by atoms with van der Waals surface area (Å²) in [5.41, 5.74) is 2.41. The van der Waals surface area contributed by atoms with Gasteiger partial charge in [-0.05, 0) is 24.7 Å². The Hall–Kier alpha value is -0.580. The highest BCUT2D eigenvalue weighted by Crippen LogP contribution is 2.29. The van der Waals surface area contributed by atoms with Crippen LogP contribution < -0.4 is 5.32 Å². The minimum atomic E-state index is 0.344. The maximum Gasteiger partial charge on any atom is 0.0863 e. The number of aromatic nitrogens is 2. The summed E-state index contributed by atoms with van der Waals surface area (Å²) in [5, 5.41) is 8.78. The first-order chi connectivity index (χ1) is 9.06. The average molecular weight is 286 g/mol. The van der Waals surface area contributed by atoms with Gasteiger partial charge in [-0.15, -0.1) is 0 Å². The molecule has 1 aromatic heterocycles. The molecule has 0 aliphatic carbocycles. The third-order valence-electron chi connectivity index (χ3n) is 4.05. The Morgan fingerprint density at radius 2 is 2.11 bits per heavy atom. The number of aryl methyl sites for hydroxylation is 2. The molecule has 0 amide bonds. The molecule has 0 bridgehead atoms. The van der Waals surface area contributed by atoms with Gasteiger partial charge in [0.25, 0.3) is 0 Å². The topological polar surface area (TPSA) is 39.1 Å². The molecule has 1 fully saturated rings. The van der Waals surface area contributed by atoms with E-state index < -0.39 is 0 Å². The summed E-state index contributed by atoms with van der Waals surface area (Å²) in [6.45, 7) is 7.94. The van der Waals surface area contributed by atoms with Gasteiger partial charge in [-0.2, -0.15) is 5.10 Å². The summed E-state index contributed by atoms with van der Waals surface area (Å²) in [6.07, 6.45) is 3.13.